The third kappa shape index (κ3) is 4.78. The lowest BCUT2D eigenvalue weighted by molar-refractivity contribution is -0.116. The molecule has 0 atom stereocenters. The molecule has 1 amide bonds. The van der Waals surface area contributed by atoms with E-state index in [9.17, 15) is 17.6 Å². The zero-order valence-corrected chi connectivity index (χ0v) is 15.7. The Labute approximate surface area is 156 Å². The van der Waals surface area contributed by atoms with E-state index in [0.29, 0.717) is 19.5 Å². The van der Waals surface area contributed by atoms with Gasteiger partial charge in [-0.25, -0.2) is 17.1 Å². The van der Waals surface area contributed by atoms with Crippen LogP contribution >= 0.6 is 11.3 Å². The van der Waals surface area contributed by atoms with Crippen LogP contribution in [0.4, 0.5) is 4.39 Å². The van der Waals surface area contributed by atoms with Gasteiger partial charge in [0.15, 0.2) is 0 Å². The Balaban J connectivity index is 1.50. The molecule has 2 heterocycles. The third-order valence-corrected chi connectivity index (χ3v) is 7.07. The molecule has 1 saturated heterocycles. The molecular weight excluding hydrogens is 375 g/mol. The minimum absolute atomic E-state index is 0.190. The Kier molecular flexibility index (Phi) is 5.85. The van der Waals surface area contributed by atoms with E-state index in [1.54, 1.807) is 18.2 Å². The van der Waals surface area contributed by atoms with Gasteiger partial charge in [0.25, 0.3) is 0 Å². The van der Waals surface area contributed by atoms with Crippen LogP contribution in [0, 0.1) is 5.82 Å². The molecule has 0 bridgehead atoms. The molecule has 8 heteroatoms. The van der Waals surface area contributed by atoms with E-state index >= 15 is 0 Å². The van der Waals surface area contributed by atoms with Crippen molar-refractivity contribution in [2.75, 3.05) is 25.4 Å². The van der Waals surface area contributed by atoms with E-state index in [4.69, 9.17) is 0 Å². The Morgan fingerprint density at radius 1 is 1.23 bits per heavy atom. The molecule has 1 fully saturated rings. The number of halogens is 1. The number of nitrogens with one attached hydrogen (secondary N) is 1. The second-order valence-electron chi connectivity index (χ2n) is 5.90. The van der Waals surface area contributed by atoms with Crippen LogP contribution in [0.25, 0.3) is 16.5 Å². The number of carbonyl (C=O) groups is 1. The predicted octanol–water partition coefficient (Wildman–Crippen LogP) is 2.72. The fraction of sp³-hybridized carbons (Fsp3) is 0.278. The third-order valence-electron chi connectivity index (χ3n) is 4.02. The number of rotatable bonds is 6. The molecular formula is C18H19FN2O3S2. The van der Waals surface area contributed by atoms with Gasteiger partial charge in [-0.2, -0.15) is 0 Å². The van der Waals surface area contributed by atoms with Crippen molar-refractivity contribution in [2.24, 2.45) is 0 Å². The Morgan fingerprint density at radius 3 is 2.69 bits per heavy atom. The lowest BCUT2D eigenvalue weighted by Gasteiger charge is -2.13. The summed E-state index contributed by atoms with van der Waals surface area (Å²) in [6.45, 7) is 1.11. The number of benzene rings is 1. The lowest BCUT2D eigenvalue weighted by atomic mass is 10.2. The highest BCUT2D eigenvalue weighted by Gasteiger charge is 2.27. The second kappa shape index (κ2) is 8.11. The number of thiophene rings is 1. The number of hydrogen-bond acceptors (Lipinski definition) is 4. The normalized spacial score (nSPS) is 17.0. The molecule has 1 aromatic carbocycles. The summed E-state index contributed by atoms with van der Waals surface area (Å²) in [6.07, 6.45) is 3.78. The van der Waals surface area contributed by atoms with E-state index in [2.05, 4.69) is 5.32 Å². The van der Waals surface area contributed by atoms with E-state index in [1.165, 1.54) is 33.9 Å². The Morgan fingerprint density at radius 2 is 2.00 bits per heavy atom. The summed E-state index contributed by atoms with van der Waals surface area (Å²) in [5.74, 6) is -0.350. The van der Waals surface area contributed by atoms with Gasteiger partial charge in [-0.3, -0.25) is 4.79 Å². The molecule has 0 radical (unpaired) electrons. The van der Waals surface area contributed by atoms with E-state index < -0.39 is 10.0 Å². The molecule has 0 unspecified atom stereocenters. The minimum Gasteiger partial charge on any atom is -0.351 e. The summed E-state index contributed by atoms with van der Waals surface area (Å²) < 4.78 is 37.7. The van der Waals surface area contributed by atoms with Crippen molar-refractivity contribution < 1.29 is 17.6 Å². The fourth-order valence-electron chi connectivity index (χ4n) is 2.67. The largest absolute Gasteiger partial charge is 0.351 e. The average Bonchev–Trinajstić information content (AvgIpc) is 3.20. The van der Waals surface area contributed by atoms with Gasteiger partial charge in [0, 0.05) is 35.5 Å². The van der Waals surface area contributed by atoms with Gasteiger partial charge in [0.1, 0.15) is 5.82 Å². The van der Waals surface area contributed by atoms with Crippen LogP contribution in [0.5, 0.6) is 0 Å². The summed E-state index contributed by atoms with van der Waals surface area (Å²) in [4.78, 5) is 13.8. The topological polar surface area (TPSA) is 66.5 Å². The molecule has 26 heavy (non-hydrogen) atoms. The smallest absolute Gasteiger partial charge is 0.244 e. The van der Waals surface area contributed by atoms with Gasteiger partial charge in [-0.1, -0.05) is 12.1 Å². The van der Waals surface area contributed by atoms with Crippen LogP contribution in [0.2, 0.25) is 0 Å². The van der Waals surface area contributed by atoms with Gasteiger partial charge in [0.2, 0.25) is 15.9 Å². The van der Waals surface area contributed by atoms with Crippen LogP contribution in [-0.2, 0) is 14.8 Å². The molecule has 1 aliphatic heterocycles. The highest BCUT2D eigenvalue weighted by molar-refractivity contribution is 7.89. The van der Waals surface area contributed by atoms with E-state index in [0.717, 1.165) is 15.3 Å². The highest BCUT2D eigenvalue weighted by Crippen LogP contribution is 2.28. The fourth-order valence-corrected chi connectivity index (χ4v) is 5.12. The summed E-state index contributed by atoms with van der Waals surface area (Å²) in [5.41, 5.74) is 0.923. The first-order chi connectivity index (χ1) is 12.4. The maximum Gasteiger partial charge on any atom is 0.244 e. The summed E-state index contributed by atoms with van der Waals surface area (Å²) in [5, 5.41) is 2.69. The molecule has 1 N–H and O–H groups in total. The van der Waals surface area contributed by atoms with E-state index in [-0.39, 0.29) is 24.0 Å². The Bertz CT molecular complexity index is 905. The zero-order valence-electron chi connectivity index (χ0n) is 14.0. The van der Waals surface area contributed by atoms with Crippen LogP contribution in [-0.4, -0.2) is 44.0 Å². The summed E-state index contributed by atoms with van der Waals surface area (Å²) in [7, 11) is -3.12. The quantitative estimate of drug-likeness (QED) is 0.766. The molecule has 1 aromatic heterocycles. The molecule has 0 spiro atoms. The molecule has 3 rings (SSSR count). The number of carbonyl (C=O) groups excluding carboxylic acids is 1. The van der Waals surface area contributed by atoms with Crippen LogP contribution in [0.1, 0.15) is 11.3 Å². The van der Waals surface area contributed by atoms with Crippen molar-refractivity contribution in [1.29, 1.82) is 0 Å². The highest BCUT2D eigenvalue weighted by atomic mass is 32.2. The molecule has 2 aromatic rings. The lowest BCUT2D eigenvalue weighted by Crippen LogP contribution is -2.35. The van der Waals surface area contributed by atoms with Gasteiger partial charge in [-0.15, -0.1) is 11.3 Å². The number of nitrogens with zero attached hydrogens (tertiary/aromatic N) is 1. The van der Waals surface area contributed by atoms with Crippen molar-refractivity contribution in [3.8, 4) is 10.4 Å². The molecule has 1 aliphatic rings. The molecule has 5 nitrogen and oxygen atoms in total. The average molecular weight is 394 g/mol. The predicted molar refractivity (Wildman–Crippen MR) is 102 cm³/mol. The van der Waals surface area contributed by atoms with Crippen LogP contribution in [0.3, 0.4) is 0 Å². The zero-order chi connectivity index (χ0) is 18.6. The standard InChI is InChI=1S/C18H19FN2O3S2/c19-15-4-2-14(3-5-15)17-8-6-16(25-17)7-9-18(22)20-10-12-21-11-1-13-26(21,23)24/h2-9H,1,10-13H2,(H,20,22)/b9-7+. The van der Waals surface area contributed by atoms with Crippen LogP contribution in [0.15, 0.2) is 42.5 Å². The first-order valence-electron chi connectivity index (χ1n) is 8.23. The first-order valence-corrected chi connectivity index (χ1v) is 10.7. The second-order valence-corrected chi connectivity index (χ2v) is 9.11. The first kappa shape index (κ1) is 18.8. The SMILES string of the molecule is O=C(/C=C/c1ccc(-c2ccc(F)cc2)s1)NCCN1CCCS1(=O)=O. The molecule has 0 aliphatic carbocycles. The van der Waals surface area contributed by atoms with Gasteiger partial charge in [-0.05, 0) is 42.3 Å². The van der Waals surface area contributed by atoms with Crippen molar-refractivity contribution in [1.82, 2.24) is 9.62 Å². The van der Waals surface area contributed by atoms with Gasteiger partial charge in [0.05, 0.1) is 5.75 Å². The van der Waals surface area contributed by atoms with Crippen molar-refractivity contribution in [2.45, 2.75) is 6.42 Å². The number of sulfonamides is 1. The molecule has 138 valence electrons. The van der Waals surface area contributed by atoms with E-state index in [1.807, 2.05) is 12.1 Å². The number of amides is 1. The van der Waals surface area contributed by atoms with Gasteiger partial charge < -0.3 is 5.32 Å². The van der Waals surface area contributed by atoms with Crippen molar-refractivity contribution in [3.63, 3.8) is 0 Å². The molecule has 0 saturated carbocycles. The summed E-state index contributed by atoms with van der Waals surface area (Å²) in [6, 6.07) is 10.1. The summed E-state index contributed by atoms with van der Waals surface area (Å²) >= 11 is 1.50. The van der Waals surface area contributed by atoms with Crippen molar-refractivity contribution >= 4 is 33.3 Å². The van der Waals surface area contributed by atoms with Crippen molar-refractivity contribution in [3.05, 3.63) is 53.2 Å². The van der Waals surface area contributed by atoms with Crippen LogP contribution < -0.4 is 5.32 Å². The maximum atomic E-state index is 13.0. The Hall–Kier alpha value is -2.03. The maximum absolute atomic E-state index is 13.0. The number of hydrogen-bond donors (Lipinski definition) is 1. The van der Waals surface area contributed by atoms with Gasteiger partial charge >= 0.3 is 0 Å². The monoisotopic (exact) mass is 394 g/mol. The minimum atomic E-state index is -3.12.